The van der Waals surface area contributed by atoms with E-state index in [9.17, 15) is 4.79 Å². The normalized spacial score (nSPS) is 10.3. The number of ether oxygens (including phenoxy) is 4. The van der Waals surface area contributed by atoms with Gasteiger partial charge in [-0.15, -0.1) is 0 Å². The summed E-state index contributed by atoms with van der Waals surface area (Å²) in [5, 5.41) is 6.40. The summed E-state index contributed by atoms with van der Waals surface area (Å²) in [6.07, 6.45) is 0. The van der Waals surface area contributed by atoms with Crippen molar-refractivity contribution < 1.29 is 23.7 Å². The lowest BCUT2D eigenvalue weighted by molar-refractivity contribution is 0.240. The number of urea groups is 1. The zero-order valence-electron chi connectivity index (χ0n) is 17.4. The predicted octanol–water partition coefficient (Wildman–Crippen LogP) is 4.81. The van der Waals surface area contributed by atoms with E-state index >= 15 is 0 Å². The Morgan fingerprint density at radius 1 is 0.800 bits per heavy atom. The first kappa shape index (κ1) is 23.8. The second-order valence-electron chi connectivity index (χ2n) is 6.12. The molecule has 2 N–H and O–H groups in total. The monoisotopic (exact) mass is 456 g/mol. The fourth-order valence-electron chi connectivity index (χ4n) is 2.75. The highest BCUT2D eigenvalue weighted by Gasteiger charge is 2.14. The van der Waals surface area contributed by atoms with Crippen LogP contribution < -0.4 is 29.6 Å². The summed E-state index contributed by atoms with van der Waals surface area (Å²) in [5.41, 5.74) is 1.56. The van der Waals surface area contributed by atoms with Crippen LogP contribution in [0.1, 0.15) is 25.0 Å². The first-order chi connectivity index (χ1) is 14.4. The summed E-state index contributed by atoms with van der Waals surface area (Å²) in [7, 11) is 3.07. The van der Waals surface area contributed by atoms with Gasteiger partial charge in [0, 0.05) is 13.1 Å². The van der Waals surface area contributed by atoms with Crippen LogP contribution in [-0.2, 0) is 13.1 Å². The van der Waals surface area contributed by atoms with Crippen LogP contribution in [0.15, 0.2) is 24.3 Å². The minimum absolute atomic E-state index is 0.266. The Kier molecular flexibility index (Phi) is 9.20. The number of rotatable bonds is 10. The van der Waals surface area contributed by atoms with Gasteiger partial charge >= 0.3 is 6.03 Å². The molecule has 0 bridgehead atoms. The van der Waals surface area contributed by atoms with Crippen LogP contribution in [0, 0.1) is 0 Å². The fourth-order valence-corrected chi connectivity index (χ4v) is 3.32. The van der Waals surface area contributed by atoms with Gasteiger partial charge in [0.25, 0.3) is 0 Å². The number of benzene rings is 2. The van der Waals surface area contributed by atoms with Gasteiger partial charge in [-0.1, -0.05) is 23.2 Å². The Bertz CT molecular complexity index is 807. The van der Waals surface area contributed by atoms with Crippen molar-refractivity contribution in [1.82, 2.24) is 10.6 Å². The number of carbonyl (C=O) groups excluding carboxylic acids is 1. The van der Waals surface area contributed by atoms with Crippen molar-refractivity contribution in [2.24, 2.45) is 0 Å². The maximum Gasteiger partial charge on any atom is 0.315 e. The SMILES string of the molecule is CCOc1c(Cl)cc(CNC(=O)NCc2cc(Cl)c(OCC)c(OC)c2)cc1OC. The molecule has 30 heavy (non-hydrogen) atoms. The van der Waals surface area contributed by atoms with Crippen LogP contribution in [0.3, 0.4) is 0 Å². The van der Waals surface area contributed by atoms with Gasteiger partial charge in [-0.2, -0.15) is 0 Å². The molecule has 7 nitrogen and oxygen atoms in total. The number of methoxy groups -OCH3 is 2. The molecule has 0 radical (unpaired) electrons. The molecule has 9 heteroatoms. The van der Waals surface area contributed by atoms with Crippen LogP contribution in [0.5, 0.6) is 23.0 Å². The van der Waals surface area contributed by atoms with Crippen molar-refractivity contribution in [3.8, 4) is 23.0 Å². The van der Waals surface area contributed by atoms with E-state index in [4.69, 9.17) is 42.1 Å². The third-order valence-corrected chi connectivity index (χ3v) is 4.62. The highest BCUT2D eigenvalue weighted by Crippen LogP contribution is 2.37. The molecule has 2 amide bonds. The maximum absolute atomic E-state index is 12.2. The molecule has 2 rings (SSSR count). The molecule has 0 atom stereocenters. The van der Waals surface area contributed by atoms with E-state index in [1.807, 2.05) is 13.8 Å². The van der Waals surface area contributed by atoms with Gasteiger partial charge in [0.05, 0.1) is 37.5 Å². The van der Waals surface area contributed by atoms with Crippen molar-refractivity contribution in [2.45, 2.75) is 26.9 Å². The number of hydrogen-bond donors (Lipinski definition) is 2. The minimum Gasteiger partial charge on any atom is -0.493 e. The molecule has 0 unspecified atom stereocenters. The summed E-state index contributed by atoms with van der Waals surface area (Å²) in [4.78, 5) is 12.2. The molecule has 0 aliphatic heterocycles. The van der Waals surface area contributed by atoms with Gasteiger partial charge in [0.15, 0.2) is 23.0 Å². The Labute approximate surface area is 186 Å². The molecule has 0 aliphatic carbocycles. The zero-order valence-corrected chi connectivity index (χ0v) is 18.9. The summed E-state index contributed by atoms with van der Waals surface area (Å²) in [6.45, 7) is 5.20. The zero-order chi connectivity index (χ0) is 22.1. The van der Waals surface area contributed by atoms with Crippen LogP contribution in [-0.4, -0.2) is 33.5 Å². The molecule has 0 aromatic heterocycles. The number of halogens is 2. The Morgan fingerprint density at radius 2 is 1.20 bits per heavy atom. The second-order valence-corrected chi connectivity index (χ2v) is 6.93. The second kappa shape index (κ2) is 11.6. The molecule has 0 saturated heterocycles. The molecule has 2 aromatic carbocycles. The lowest BCUT2D eigenvalue weighted by Crippen LogP contribution is -2.34. The van der Waals surface area contributed by atoms with Gasteiger partial charge in [-0.05, 0) is 49.2 Å². The molecule has 0 aliphatic rings. The van der Waals surface area contributed by atoms with E-state index in [2.05, 4.69) is 10.6 Å². The lowest BCUT2D eigenvalue weighted by Gasteiger charge is -2.15. The van der Waals surface area contributed by atoms with Crippen LogP contribution in [0.2, 0.25) is 10.0 Å². The van der Waals surface area contributed by atoms with Gasteiger partial charge in [0.2, 0.25) is 0 Å². The minimum atomic E-state index is -0.344. The summed E-state index contributed by atoms with van der Waals surface area (Å²) in [6, 6.07) is 6.66. The van der Waals surface area contributed by atoms with Crippen molar-refractivity contribution in [2.75, 3.05) is 27.4 Å². The van der Waals surface area contributed by atoms with Gasteiger partial charge in [0.1, 0.15) is 0 Å². The van der Waals surface area contributed by atoms with E-state index < -0.39 is 0 Å². The third kappa shape index (κ3) is 6.24. The molecule has 0 spiro atoms. The van der Waals surface area contributed by atoms with E-state index in [1.165, 1.54) is 14.2 Å². The number of nitrogens with one attached hydrogen (secondary N) is 2. The van der Waals surface area contributed by atoms with E-state index in [0.717, 1.165) is 11.1 Å². The topological polar surface area (TPSA) is 78.1 Å². The lowest BCUT2D eigenvalue weighted by atomic mass is 10.2. The summed E-state index contributed by atoms with van der Waals surface area (Å²) in [5.74, 6) is 1.99. The first-order valence-electron chi connectivity index (χ1n) is 9.43. The highest BCUT2D eigenvalue weighted by molar-refractivity contribution is 6.32. The molecular formula is C21H26Cl2N2O5. The Balaban J connectivity index is 1.97. The predicted molar refractivity (Wildman–Crippen MR) is 117 cm³/mol. The Hall–Kier alpha value is -2.51. The third-order valence-electron chi connectivity index (χ3n) is 4.06. The molecule has 0 saturated carbocycles. The smallest absolute Gasteiger partial charge is 0.315 e. The fraction of sp³-hybridized carbons (Fsp3) is 0.381. The Morgan fingerprint density at radius 3 is 1.53 bits per heavy atom. The van der Waals surface area contributed by atoms with Crippen molar-refractivity contribution >= 4 is 29.2 Å². The van der Waals surface area contributed by atoms with Crippen molar-refractivity contribution in [3.05, 3.63) is 45.4 Å². The largest absolute Gasteiger partial charge is 0.493 e. The van der Waals surface area contributed by atoms with Crippen molar-refractivity contribution in [3.63, 3.8) is 0 Å². The molecule has 0 heterocycles. The van der Waals surface area contributed by atoms with Crippen molar-refractivity contribution in [1.29, 1.82) is 0 Å². The summed E-state index contributed by atoms with van der Waals surface area (Å²) < 4.78 is 21.6. The van der Waals surface area contributed by atoms with Gasteiger partial charge < -0.3 is 29.6 Å². The number of amides is 2. The van der Waals surface area contributed by atoms with Crippen LogP contribution >= 0.6 is 23.2 Å². The number of carbonyl (C=O) groups is 1. The average Bonchev–Trinajstić information content (AvgIpc) is 2.73. The molecule has 2 aromatic rings. The average molecular weight is 457 g/mol. The van der Waals surface area contributed by atoms with Crippen LogP contribution in [0.25, 0.3) is 0 Å². The molecular weight excluding hydrogens is 431 g/mol. The summed E-state index contributed by atoms with van der Waals surface area (Å²) >= 11 is 12.5. The van der Waals surface area contributed by atoms with E-state index in [0.29, 0.717) is 46.3 Å². The number of hydrogen-bond acceptors (Lipinski definition) is 5. The van der Waals surface area contributed by atoms with Gasteiger partial charge in [-0.25, -0.2) is 4.79 Å². The van der Waals surface area contributed by atoms with Gasteiger partial charge in [-0.3, -0.25) is 0 Å². The maximum atomic E-state index is 12.2. The standard InChI is InChI=1S/C21H26Cl2N2O5/c1-5-29-19-15(22)7-13(9-17(19)27-3)11-24-21(26)25-12-14-8-16(23)20(30-6-2)18(10-14)28-4/h7-10H,5-6,11-12H2,1-4H3,(H2,24,25,26). The molecule has 0 fully saturated rings. The molecule has 164 valence electrons. The first-order valence-corrected chi connectivity index (χ1v) is 10.2. The van der Waals surface area contributed by atoms with Crippen LogP contribution in [0.4, 0.5) is 4.79 Å². The van der Waals surface area contributed by atoms with E-state index in [1.54, 1.807) is 24.3 Å². The quantitative estimate of drug-likeness (QED) is 0.536. The highest BCUT2D eigenvalue weighted by atomic mass is 35.5. The van der Waals surface area contributed by atoms with E-state index in [-0.39, 0.29) is 19.1 Å².